The van der Waals surface area contributed by atoms with E-state index >= 15 is 0 Å². The Bertz CT molecular complexity index is 1850. The van der Waals surface area contributed by atoms with Crippen LogP contribution in [-0.4, -0.2) is 46.1 Å². The summed E-state index contributed by atoms with van der Waals surface area (Å²) in [7, 11) is 4.31. The molecule has 46 heavy (non-hydrogen) atoms. The summed E-state index contributed by atoms with van der Waals surface area (Å²) in [5, 5.41) is 21.0. The molecule has 0 unspecified atom stereocenters. The molecule has 0 aliphatic carbocycles. The third kappa shape index (κ3) is 8.88. The molecule has 0 spiro atoms. The number of anilines is 1. The Morgan fingerprint density at radius 3 is 1.50 bits per heavy atom. The van der Waals surface area contributed by atoms with Crippen LogP contribution in [0.2, 0.25) is 0 Å². The van der Waals surface area contributed by atoms with Gasteiger partial charge in [0.1, 0.15) is 24.0 Å². The summed E-state index contributed by atoms with van der Waals surface area (Å²) >= 11 is 3.08. The van der Waals surface area contributed by atoms with Gasteiger partial charge in [-0.1, -0.05) is 36.4 Å². The number of pyridine rings is 3. The number of hydrogen-bond donors (Lipinski definition) is 1. The molecule has 16 heteroatoms. The van der Waals surface area contributed by atoms with Gasteiger partial charge in [-0.25, -0.2) is 23.7 Å². The number of nitro groups is 2. The molecular weight excluding hydrogens is 674 g/mol. The molecule has 0 radical (unpaired) electrons. The van der Waals surface area contributed by atoms with Gasteiger partial charge in [-0.2, -0.15) is 0 Å². The van der Waals surface area contributed by atoms with Crippen molar-refractivity contribution in [2.24, 2.45) is 0 Å². The van der Waals surface area contributed by atoms with Crippen molar-refractivity contribution in [3.63, 3.8) is 0 Å². The van der Waals surface area contributed by atoms with Gasteiger partial charge in [0.05, 0.1) is 53.1 Å². The minimum atomic E-state index is -0.587. The van der Waals surface area contributed by atoms with Crippen molar-refractivity contribution in [2.45, 2.75) is 0 Å². The van der Waals surface area contributed by atoms with Crippen molar-refractivity contribution in [1.29, 1.82) is 0 Å². The second-order valence-corrected chi connectivity index (χ2v) is 9.59. The zero-order valence-corrected chi connectivity index (χ0v) is 26.0. The van der Waals surface area contributed by atoms with E-state index in [0.29, 0.717) is 33.0 Å². The Kier molecular flexibility index (Phi) is 12.3. The second kappa shape index (κ2) is 16.3. The van der Waals surface area contributed by atoms with Gasteiger partial charge in [0.2, 0.25) is 17.6 Å². The van der Waals surface area contributed by atoms with Crippen LogP contribution in [0.15, 0.2) is 89.8 Å². The first-order valence-corrected chi connectivity index (χ1v) is 13.6. The first-order chi connectivity index (χ1) is 22.0. The molecule has 13 nitrogen and oxygen atoms in total. The Morgan fingerprint density at radius 2 is 1.07 bits per heavy atom. The molecule has 238 valence electrons. The predicted octanol–water partition coefficient (Wildman–Crippen LogP) is 7.04. The number of aromatic nitrogens is 3. The third-order valence-electron chi connectivity index (χ3n) is 5.83. The van der Waals surface area contributed by atoms with E-state index in [1.165, 1.54) is 63.9 Å². The Hall–Kier alpha value is -5.77. The predicted molar refractivity (Wildman–Crippen MR) is 169 cm³/mol. The van der Waals surface area contributed by atoms with Crippen LogP contribution >= 0.6 is 15.9 Å². The standard InChI is InChI=1S/C12H9FN2O3.C12H11FN2O.C6H5BrN2O3/c1-18-12-10(6-8(7-14-12)15(16)17)9-4-2-3-5-11(9)13;1-16-12-10(6-8(14)7-15-12)9-4-2-3-5-11(9)13;1-12-6-5(7)2-4(3-8-6)9(10)11/h2-7H,1H3;2-7H,14H2,1H3;2-3H,1H3. The van der Waals surface area contributed by atoms with Gasteiger partial charge >= 0.3 is 0 Å². The normalized spacial score (nSPS) is 9.96. The maximum absolute atomic E-state index is 13.7. The van der Waals surface area contributed by atoms with E-state index in [1.54, 1.807) is 30.3 Å². The van der Waals surface area contributed by atoms with Crippen molar-refractivity contribution in [2.75, 3.05) is 27.1 Å². The SMILES string of the molecule is COc1ncc(N)cc1-c1ccccc1F.COc1ncc([N+](=O)[O-])cc1-c1ccccc1F.COc1ncc([N+](=O)[O-])cc1Br. The average Bonchev–Trinajstić information content (AvgIpc) is 3.05. The largest absolute Gasteiger partial charge is 0.481 e. The van der Waals surface area contributed by atoms with E-state index in [1.807, 2.05) is 0 Å². The van der Waals surface area contributed by atoms with Crippen LogP contribution in [0, 0.1) is 31.9 Å². The molecule has 0 saturated heterocycles. The maximum Gasteiger partial charge on any atom is 0.288 e. The lowest BCUT2D eigenvalue weighted by atomic mass is 10.1. The van der Waals surface area contributed by atoms with Crippen LogP contribution < -0.4 is 19.9 Å². The fourth-order valence-corrected chi connectivity index (χ4v) is 4.24. The molecule has 5 aromatic rings. The Morgan fingerprint density at radius 1 is 0.652 bits per heavy atom. The average molecular weight is 699 g/mol. The third-order valence-corrected chi connectivity index (χ3v) is 6.40. The van der Waals surface area contributed by atoms with Gasteiger partial charge in [-0.3, -0.25) is 20.2 Å². The first-order valence-electron chi connectivity index (χ1n) is 12.8. The summed E-state index contributed by atoms with van der Waals surface area (Å²) < 4.78 is 42.6. The summed E-state index contributed by atoms with van der Waals surface area (Å²) in [5.74, 6) is 0.0249. The van der Waals surface area contributed by atoms with E-state index < -0.39 is 15.7 Å². The van der Waals surface area contributed by atoms with Gasteiger partial charge in [0.25, 0.3) is 11.4 Å². The fraction of sp³-hybridized carbons (Fsp3) is 0.100. The number of nitrogen functional groups attached to an aromatic ring is 1. The molecule has 0 aliphatic rings. The van der Waals surface area contributed by atoms with Crippen molar-refractivity contribution >= 4 is 33.0 Å². The van der Waals surface area contributed by atoms with Crippen molar-refractivity contribution in [1.82, 2.24) is 15.0 Å². The van der Waals surface area contributed by atoms with Gasteiger partial charge in [0.15, 0.2) is 0 Å². The summed E-state index contributed by atoms with van der Waals surface area (Å²) in [6.07, 6.45) is 3.69. The van der Waals surface area contributed by atoms with E-state index in [2.05, 4.69) is 30.9 Å². The molecule has 0 bridgehead atoms. The second-order valence-electron chi connectivity index (χ2n) is 8.73. The maximum atomic E-state index is 13.7. The first kappa shape index (κ1) is 34.7. The Labute approximate surface area is 269 Å². The van der Waals surface area contributed by atoms with Crippen LogP contribution in [0.25, 0.3) is 22.3 Å². The Balaban J connectivity index is 0.000000192. The molecule has 0 amide bonds. The van der Waals surface area contributed by atoms with Gasteiger partial charge in [-0.15, -0.1) is 0 Å². The lowest BCUT2D eigenvalue weighted by molar-refractivity contribution is -0.385. The molecular formula is C30H25BrF2N6O7. The van der Waals surface area contributed by atoms with Gasteiger partial charge in [0, 0.05) is 28.8 Å². The highest BCUT2D eigenvalue weighted by Gasteiger charge is 2.17. The van der Waals surface area contributed by atoms with Crippen molar-refractivity contribution < 1.29 is 32.8 Å². The van der Waals surface area contributed by atoms with E-state index in [0.717, 1.165) is 12.4 Å². The number of nitrogens with zero attached hydrogens (tertiary/aromatic N) is 5. The molecule has 5 rings (SSSR count). The molecule has 0 atom stereocenters. The smallest absolute Gasteiger partial charge is 0.288 e. The summed E-state index contributed by atoms with van der Waals surface area (Å²) in [6.45, 7) is 0. The number of methoxy groups -OCH3 is 3. The van der Waals surface area contributed by atoms with E-state index in [4.69, 9.17) is 19.9 Å². The fourth-order valence-electron chi connectivity index (χ4n) is 3.75. The van der Waals surface area contributed by atoms with Crippen LogP contribution in [0.1, 0.15) is 0 Å². The minimum absolute atomic E-state index is 0.0670. The van der Waals surface area contributed by atoms with Crippen LogP contribution in [0.3, 0.4) is 0 Å². The quantitative estimate of drug-likeness (QED) is 0.136. The number of rotatable bonds is 7. The van der Waals surface area contributed by atoms with Crippen molar-refractivity contribution in [3.05, 3.63) is 122 Å². The molecule has 2 aromatic carbocycles. The van der Waals surface area contributed by atoms with Crippen LogP contribution in [-0.2, 0) is 0 Å². The summed E-state index contributed by atoms with van der Waals surface area (Å²) in [6, 6.07) is 16.6. The zero-order chi connectivity index (χ0) is 33.8. The summed E-state index contributed by atoms with van der Waals surface area (Å²) in [5.41, 5.74) is 7.27. The lowest BCUT2D eigenvalue weighted by Crippen LogP contribution is -1.96. The molecule has 3 aromatic heterocycles. The topological polar surface area (TPSA) is 179 Å². The van der Waals surface area contributed by atoms with Gasteiger partial charge < -0.3 is 19.9 Å². The molecule has 0 saturated carbocycles. The number of ether oxygens (including phenoxy) is 3. The molecule has 2 N–H and O–H groups in total. The van der Waals surface area contributed by atoms with E-state index in [-0.39, 0.29) is 34.2 Å². The molecule has 0 aliphatic heterocycles. The number of halogens is 3. The van der Waals surface area contributed by atoms with Crippen LogP contribution in [0.4, 0.5) is 25.8 Å². The monoisotopic (exact) mass is 698 g/mol. The van der Waals surface area contributed by atoms with Gasteiger partial charge in [-0.05, 0) is 34.1 Å². The van der Waals surface area contributed by atoms with Crippen LogP contribution in [0.5, 0.6) is 17.6 Å². The van der Waals surface area contributed by atoms with Crippen molar-refractivity contribution in [3.8, 4) is 39.9 Å². The number of hydrogen-bond acceptors (Lipinski definition) is 11. The minimum Gasteiger partial charge on any atom is -0.481 e. The molecule has 3 heterocycles. The summed E-state index contributed by atoms with van der Waals surface area (Å²) in [4.78, 5) is 31.4. The highest BCUT2D eigenvalue weighted by molar-refractivity contribution is 9.10. The highest BCUT2D eigenvalue weighted by atomic mass is 79.9. The molecule has 0 fully saturated rings. The lowest BCUT2D eigenvalue weighted by Gasteiger charge is -2.08. The number of benzene rings is 2. The van der Waals surface area contributed by atoms with E-state index in [9.17, 15) is 29.0 Å². The highest BCUT2D eigenvalue weighted by Crippen LogP contribution is 2.33. The zero-order valence-electron chi connectivity index (χ0n) is 24.4. The number of nitrogens with two attached hydrogens (primary N) is 1.